The predicted octanol–water partition coefficient (Wildman–Crippen LogP) is 3.93. The number of rotatable bonds is 7. The third-order valence-electron chi connectivity index (χ3n) is 4.16. The zero-order valence-electron chi connectivity index (χ0n) is 13.4. The Morgan fingerprint density at radius 2 is 1.39 bits per heavy atom. The Hall–Kier alpha value is -2.60. The number of hydrogen-bond donors (Lipinski definition) is 0. The molecule has 3 nitrogen and oxygen atoms in total. The molecule has 0 radical (unpaired) electrons. The van der Waals surface area contributed by atoms with Crippen molar-refractivity contribution < 1.29 is 9.53 Å². The van der Waals surface area contributed by atoms with E-state index in [-0.39, 0.29) is 0 Å². The van der Waals surface area contributed by atoms with Crippen LogP contribution in [0.25, 0.3) is 0 Å². The summed E-state index contributed by atoms with van der Waals surface area (Å²) in [5.74, 6) is -0.438. The number of carbonyl (C=O) groups is 1. The largest absolute Gasteiger partial charge is 0.468 e. The van der Waals surface area contributed by atoms with Gasteiger partial charge in [-0.25, -0.2) is 0 Å². The van der Waals surface area contributed by atoms with E-state index in [2.05, 4.69) is 6.07 Å². The number of carbonyl (C=O) groups excluding carboxylic acids is 1. The third kappa shape index (κ3) is 4.43. The molecule has 0 aliphatic rings. The lowest BCUT2D eigenvalue weighted by Crippen LogP contribution is -2.32. The highest BCUT2D eigenvalue weighted by Crippen LogP contribution is 2.31. The van der Waals surface area contributed by atoms with E-state index in [0.29, 0.717) is 25.7 Å². The predicted molar refractivity (Wildman–Crippen MR) is 89.6 cm³/mol. The molecule has 0 aliphatic carbocycles. The smallest absolute Gasteiger partial charge is 0.326 e. The van der Waals surface area contributed by atoms with Gasteiger partial charge in [-0.15, -0.1) is 0 Å². The number of methoxy groups -OCH3 is 1. The van der Waals surface area contributed by atoms with Gasteiger partial charge in [-0.2, -0.15) is 5.26 Å². The molecule has 0 amide bonds. The van der Waals surface area contributed by atoms with Crippen molar-refractivity contribution in [2.75, 3.05) is 7.11 Å². The van der Waals surface area contributed by atoms with Gasteiger partial charge in [0.25, 0.3) is 0 Å². The first-order valence-corrected chi connectivity index (χ1v) is 7.78. The zero-order valence-corrected chi connectivity index (χ0v) is 13.4. The molecule has 0 fully saturated rings. The van der Waals surface area contributed by atoms with Crippen molar-refractivity contribution in [2.45, 2.75) is 25.7 Å². The summed E-state index contributed by atoms with van der Waals surface area (Å²) in [7, 11) is 1.35. The molecule has 0 atom stereocenters. The minimum absolute atomic E-state index is 0.438. The molecule has 0 heterocycles. The molecule has 0 N–H and O–H groups in total. The van der Waals surface area contributed by atoms with Crippen LogP contribution in [-0.2, 0) is 22.4 Å². The van der Waals surface area contributed by atoms with Crippen molar-refractivity contribution in [1.82, 2.24) is 0 Å². The molecule has 23 heavy (non-hydrogen) atoms. The van der Waals surface area contributed by atoms with Crippen LogP contribution in [0.15, 0.2) is 60.7 Å². The van der Waals surface area contributed by atoms with Gasteiger partial charge in [0.15, 0.2) is 5.41 Å². The number of ether oxygens (including phenoxy) is 1. The van der Waals surface area contributed by atoms with Gasteiger partial charge in [0.05, 0.1) is 13.2 Å². The standard InChI is InChI=1S/C20H21NO2/c1-23-19(22)20(16-21,14-12-17-8-4-2-5-9-17)15-13-18-10-6-3-7-11-18/h2-11H,12-15H2,1H3. The fourth-order valence-corrected chi connectivity index (χ4v) is 2.69. The highest BCUT2D eigenvalue weighted by atomic mass is 16.5. The normalized spacial score (nSPS) is 10.8. The van der Waals surface area contributed by atoms with Crippen molar-refractivity contribution in [2.24, 2.45) is 5.41 Å². The highest BCUT2D eigenvalue weighted by molar-refractivity contribution is 5.80. The van der Waals surface area contributed by atoms with Gasteiger partial charge in [0.1, 0.15) is 0 Å². The maximum absolute atomic E-state index is 12.3. The lowest BCUT2D eigenvalue weighted by Gasteiger charge is -2.23. The maximum Gasteiger partial charge on any atom is 0.326 e. The number of benzene rings is 2. The Balaban J connectivity index is 2.11. The monoisotopic (exact) mass is 307 g/mol. The van der Waals surface area contributed by atoms with E-state index in [0.717, 1.165) is 11.1 Å². The second kappa shape index (κ2) is 8.14. The van der Waals surface area contributed by atoms with Gasteiger partial charge < -0.3 is 4.74 Å². The molecule has 2 aromatic carbocycles. The Morgan fingerprint density at radius 3 is 1.74 bits per heavy atom. The zero-order chi connectivity index (χ0) is 16.5. The molecule has 0 saturated carbocycles. The number of hydrogen-bond acceptors (Lipinski definition) is 3. The van der Waals surface area contributed by atoms with E-state index >= 15 is 0 Å². The van der Waals surface area contributed by atoms with Gasteiger partial charge in [-0.1, -0.05) is 60.7 Å². The third-order valence-corrected chi connectivity index (χ3v) is 4.16. The van der Waals surface area contributed by atoms with E-state index in [1.54, 1.807) is 0 Å². The summed E-state index contributed by atoms with van der Waals surface area (Å²) in [5, 5.41) is 9.68. The topological polar surface area (TPSA) is 50.1 Å². The molecule has 0 aliphatic heterocycles. The van der Waals surface area contributed by atoms with Crippen molar-refractivity contribution in [3.8, 4) is 6.07 Å². The van der Waals surface area contributed by atoms with Crippen LogP contribution in [0.1, 0.15) is 24.0 Å². The molecule has 0 unspecified atom stereocenters. The minimum atomic E-state index is -1.10. The van der Waals surface area contributed by atoms with Crippen LogP contribution in [0.4, 0.5) is 0 Å². The average Bonchev–Trinajstić information content (AvgIpc) is 2.63. The van der Waals surface area contributed by atoms with Crippen molar-refractivity contribution in [3.05, 3.63) is 71.8 Å². The van der Waals surface area contributed by atoms with Crippen LogP contribution in [0.2, 0.25) is 0 Å². The molecule has 3 heteroatoms. The van der Waals surface area contributed by atoms with E-state index in [4.69, 9.17) is 4.74 Å². The molecular weight excluding hydrogens is 286 g/mol. The molecule has 0 bridgehead atoms. The van der Waals surface area contributed by atoms with E-state index in [9.17, 15) is 10.1 Å². The van der Waals surface area contributed by atoms with E-state index < -0.39 is 11.4 Å². The fraction of sp³-hybridized carbons (Fsp3) is 0.300. The molecule has 0 aromatic heterocycles. The van der Waals surface area contributed by atoms with Gasteiger partial charge in [0.2, 0.25) is 0 Å². The quantitative estimate of drug-likeness (QED) is 0.728. The fourth-order valence-electron chi connectivity index (χ4n) is 2.69. The molecular formula is C20H21NO2. The first kappa shape index (κ1) is 16.8. The summed E-state index contributed by atoms with van der Waals surface area (Å²) in [6, 6.07) is 22.0. The van der Waals surface area contributed by atoms with Crippen molar-refractivity contribution in [3.63, 3.8) is 0 Å². The van der Waals surface area contributed by atoms with Gasteiger partial charge >= 0.3 is 5.97 Å². The van der Waals surface area contributed by atoms with Gasteiger partial charge in [-0.3, -0.25) is 4.79 Å². The Morgan fingerprint density at radius 1 is 0.957 bits per heavy atom. The number of esters is 1. The van der Waals surface area contributed by atoms with Crippen LogP contribution < -0.4 is 0 Å². The molecule has 2 aromatic rings. The minimum Gasteiger partial charge on any atom is -0.468 e. The molecule has 0 spiro atoms. The Bertz CT molecular complexity index is 616. The van der Waals surface area contributed by atoms with Gasteiger partial charge in [0, 0.05) is 0 Å². The van der Waals surface area contributed by atoms with Crippen LogP contribution in [0, 0.1) is 16.7 Å². The summed E-state index contributed by atoms with van der Waals surface area (Å²) in [6.45, 7) is 0. The number of nitrogens with zero attached hydrogens (tertiary/aromatic N) is 1. The summed E-state index contributed by atoms with van der Waals surface area (Å²) in [5.41, 5.74) is 1.15. The van der Waals surface area contributed by atoms with Crippen LogP contribution >= 0.6 is 0 Å². The first-order chi connectivity index (χ1) is 11.2. The van der Waals surface area contributed by atoms with Gasteiger partial charge in [-0.05, 0) is 36.8 Å². The molecule has 118 valence electrons. The Labute approximate surface area is 137 Å². The van der Waals surface area contributed by atoms with Crippen molar-refractivity contribution >= 4 is 5.97 Å². The van der Waals surface area contributed by atoms with Crippen LogP contribution in [0.3, 0.4) is 0 Å². The lowest BCUT2D eigenvalue weighted by molar-refractivity contribution is -0.150. The summed E-state index contributed by atoms with van der Waals surface area (Å²) in [6.07, 6.45) is 2.29. The summed E-state index contributed by atoms with van der Waals surface area (Å²) in [4.78, 5) is 12.3. The van der Waals surface area contributed by atoms with Crippen LogP contribution in [0.5, 0.6) is 0 Å². The second-order valence-corrected chi connectivity index (χ2v) is 5.66. The second-order valence-electron chi connectivity index (χ2n) is 5.66. The molecule has 2 rings (SSSR count). The lowest BCUT2D eigenvalue weighted by atomic mass is 9.78. The van der Waals surface area contributed by atoms with Crippen LogP contribution in [-0.4, -0.2) is 13.1 Å². The summed E-state index contributed by atoms with van der Waals surface area (Å²) >= 11 is 0. The van der Waals surface area contributed by atoms with E-state index in [1.165, 1.54) is 7.11 Å². The Kier molecular flexibility index (Phi) is 5.94. The van der Waals surface area contributed by atoms with Crippen molar-refractivity contribution in [1.29, 1.82) is 5.26 Å². The average molecular weight is 307 g/mol. The SMILES string of the molecule is COC(=O)C(C#N)(CCc1ccccc1)CCc1ccccc1. The number of aryl methyl sites for hydroxylation is 2. The number of nitriles is 1. The summed E-state index contributed by atoms with van der Waals surface area (Å²) < 4.78 is 4.92. The van der Waals surface area contributed by atoms with E-state index in [1.807, 2.05) is 60.7 Å². The first-order valence-electron chi connectivity index (χ1n) is 7.78. The molecule has 0 saturated heterocycles. The maximum atomic E-state index is 12.3. The highest BCUT2D eigenvalue weighted by Gasteiger charge is 2.39.